The Hall–Kier alpha value is -2.36. The molecular formula is C12H7N3O. The third kappa shape index (κ3) is 0.839. The van der Waals surface area contributed by atoms with E-state index in [0.717, 1.165) is 27.5 Å². The van der Waals surface area contributed by atoms with Gasteiger partial charge in [-0.05, 0) is 24.3 Å². The molecule has 0 spiro atoms. The number of hydrogen-bond acceptors (Lipinski definition) is 3. The lowest BCUT2D eigenvalue weighted by Crippen LogP contribution is -1.74. The highest BCUT2D eigenvalue weighted by Gasteiger charge is 2.13. The molecule has 0 aliphatic heterocycles. The van der Waals surface area contributed by atoms with Gasteiger partial charge in [-0.2, -0.15) is 0 Å². The molecule has 4 heterocycles. The number of rotatable bonds is 0. The maximum absolute atomic E-state index is 5.63. The first kappa shape index (κ1) is 7.87. The second kappa shape index (κ2) is 2.61. The number of nitrogens with zero attached hydrogens (tertiary/aromatic N) is 2. The Bertz CT molecular complexity index is 747. The summed E-state index contributed by atoms with van der Waals surface area (Å²) in [7, 11) is 0. The predicted molar refractivity (Wildman–Crippen MR) is 61.2 cm³/mol. The van der Waals surface area contributed by atoms with E-state index >= 15 is 0 Å². The largest absolute Gasteiger partial charge is 0.421 e. The zero-order chi connectivity index (χ0) is 10.5. The van der Waals surface area contributed by atoms with Crippen LogP contribution in [-0.4, -0.2) is 15.0 Å². The van der Waals surface area contributed by atoms with Gasteiger partial charge >= 0.3 is 0 Å². The number of H-pyrrole nitrogens is 1. The second-order valence-electron chi connectivity index (χ2n) is 3.69. The van der Waals surface area contributed by atoms with E-state index in [-0.39, 0.29) is 0 Å². The third-order valence-corrected chi connectivity index (χ3v) is 2.78. The quantitative estimate of drug-likeness (QED) is 0.484. The monoisotopic (exact) mass is 209 g/mol. The topological polar surface area (TPSA) is 54.7 Å². The van der Waals surface area contributed by atoms with E-state index in [4.69, 9.17) is 4.42 Å². The first-order valence-electron chi connectivity index (χ1n) is 5.03. The van der Waals surface area contributed by atoms with E-state index in [0.29, 0.717) is 5.71 Å². The van der Waals surface area contributed by atoms with Crippen molar-refractivity contribution in [1.29, 1.82) is 0 Å². The van der Waals surface area contributed by atoms with Crippen molar-refractivity contribution in [3.05, 3.63) is 36.7 Å². The van der Waals surface area contributed by atoms with E-state index in [2.05, 4.69) is 15.0 Å². The summed E-state index contributed by atoms with van der Waals surface area (Å²) in [6, 6.07) is 7.87. The molecule has 76 valence electrons. The van der Waals surface area contributed by atoms with Crippen molar-refractivity contribution in [3.8, 4) is 0 Å². The number of nitrogens with one attached hydrogen (secondary N) is 1. The van der Waals surface area contributed by atoms with Gasteiger partial charge in [-0.1, -0.05) is 0 Å². The van der Waals surface area contributed by atoms with E-state index in [1.165, 1.54) is 0 Å². The summed E-state index contributed by atoms with van der Waals surface area (Å²) in [6.07, 6.45) is 3.49. The maximum atomic E-state index is 5.63. The van der Waals surface area contributed by atoms with Crippen LogP contribution in [0.2, 0.25) is 0 Å². The van der Waals surface area contributed by atoms with E-state index in [1.807, 2.05) is 24.3 Å². The summed E-state index contributed by atoms with van der Waals surface area (Å²) in [5.41, 5.74) is 2.25. The van der Waals surface area contributed by atoms with Gasteiger partial charge in [-0.15, -0.1) is 0 Å². The molecule has 0 bridgehead atoms. The van der Waals surface area contributed by atoms with Crippen molar-refractivity contribution < 1.29 is 4.42 Å². The lowest BCUT2D eigenvalue weighted by Gasteiger charge is -1.88. The van der Waals surface area contributed by atoms with Gasteiger partial charge in [0.15, 0.2) is 0 Å². The minimum atomic E-state index is 0.662. The van der Waals surface area contributed by atoms with Crippen LogP contribution in [0.25, 0.3) is 33.2 Å². The van der Waals surface area contributed by atoms with Crippen LogP contribution >= 0.6 is 0 Å². The average molecular weight is 209 g/mol. The average Bonchev–Trinajstić information content (AvgIpc) is 2.83. The van der Waals surface area contributed by atoms with Crippen LogP contribution < -0.4 is 0 Å². The molecule has 4 heteroatoms. The van der Waals surface area contributed by atoms with Gasteiger partial charge in [0, 0.05) is 17.8 Å². The number of furan rings is 1. The Kier molecular flexibility index (Phi) is 1.28. The summed E-state index contributed by atoms with van der Waals surface area (Å²) in [4.78, 5) is 11.6. The zero-order valence-corrected chi connectivity index (χ0v) is 8.27. The molecule has 0 radical (unpaired) electrons. The first-order valence-corrected chi connectivity index (χ1v) is 5.03. The SMILES string of the molecule is c1cnc2[nH]c3oc4ncccc4c3c2c1. The van der Waals surface area contributed by atoms with Gasteiger partial charge in [-0.3, -0.25) is 0 Å². The molecule has 4 rings (SSSR count). The minimum absolute atomic E-state index is 0.662. The minimum Gasteiger partial charge on any atom is -0.421 e. The van der Waals surface area contributed by atoms with Crippen molar-refractivity contribution in [1.82, 2.24) is 15.0 Å². The Morgan fingerprint density at radius 3 is 2.75 bits per heavy atom. The molecule has 0 saturated carbocycles. The van der Waals surface area contributed by atoms with Crippen molar-refractivity contribution in [3.63, 3.8) is 0 Å². The van der Waals surface area contributed by atoms with Crippen LogP contribution in [0.4, 0.5) is 0 Å². The van der Waals surface area contributed by atoms with Gasteiger partial charge in [0.2, 0.25) is 11.4 Å². The Morgan fingerprint density at radius 2 is 1.81 bits per heavy atom. The Morgan fingerprint density at radius 1 is 1.00 bits per heavy atom. The Balaban J connectivity index is 2.38. The fraction of sp³-hybridized carbons (Fsp3) is 0. The van der Waals surface area contributed by atoms with Crippen LogP contribution in [0, 0.1) is 0 Å². The molecule has 0 fully saturated rings. The third-order valence-electron chi connectivity index (χ3n) is 2.78. The molecule has 4 aromatic rings. The fourth-order valence-corrected chi connectivity index (χ4v) is 2.10. The van der Waals surface area contributed by atoms with Gasteiger partial charge in [0.05, 0.1) is 10.8 Å². The number of aromatic amines is 1. The van der Waals surface area contributed by atoms with Crippen molar-refractivity contribution in [2.24, 2.45) is 0 Å². The standard InChI is InChI=1S/C12H7N3O/c1-3-7-9-8-4-2-6-14-11(8)16-12(9)15-10(7)13-5-1/h1-6H,(H,13,15). The smallest absolute Gasteiger partial charge is 0.229 e. The molecule has 1 N–H and O–H groups in total. The van der Waals surface area contributed by atoms with Gasteiger partial charge in [-0.25, -0.2) is 9.97 Å². The van der Waals surface area contributed by atoms with Crippen LogP contribution in [0.1, 0.15) is 0 Å². The van der Waals surface area contributed by atoms with Gasteiger partial charge in [0.1, 0.15) is 5.65 Å². The molecule has 0 aliphatic carbocycles. The first-order chi connectivity index (χ1) is 7.93. The van der Waals surface area contributed by atoms with Crippen molar-refractivity contribution in [2.75, 3.05) is 0 Å². The molecule has 16 heavy (non-hydrogen) atoms. The van der Waals surface area contributed by atoms with Crippen LogP contribution in [0.15, 0.2) is 41.1 Å². The summed E-state index contributed by atoms with van der Waals surface area (Å²) in [6.45, 7) is 0. The maximum Gasteiger partial charge on any atom is 0.229 e. The van der Waals surface area contributed by atoms with E-state index in [9.17, 15) is 0 Å². The summed E-state index contributed by atoms with van der Waals surface area (Å²) < 4.78 is 5.63. The van der Waals surface area contributed by atoms with Crippen LogP contribution in [-0.2, 0) is 0 Å². The highest BCUT2D eigenvalue weighted by Crippen LogP contribution is 2.32. The highest BCUT2D eigenvalue weighted by atomic mass is 16.3. The molecule has 0 saturated heterocycles. The predicted octanol–water partition coefficient (Wildman–Crippen LogP) is 2.86. The zero-order valence-electron chi connectivity index (χ0n) is 8.27. The second-order valence-corrected chi connectivity index (χ2v) is 3.69. The number of fused-ring (bicyclic) bond motifs is 5. The van der Waals surface area contributed by atoms with Gasteiger partial charge < -0.3 is 9.40 Å². The summed E-state index contributed by atoms with van der Waals surface area (Å²) in [5.74, 6) is 0. The number of aromatic nitrogens is 3. The van der Waals surface area contributed by atoms with E-state index in [1.54, 1.807) is 12.4 Å². The molecular weight excluding hydrogens is 202 g/mol. The Labute approximate surface area is 89.9 Å². The highest BCUT2D eigenvalue weighted by molar-refractivity contribution is 6.17. The van der Waals surface area contributed by atoms with Crippen molar-refractivity contribution in [2.45, 2.75) is 0 Å². The molecule has 0 unspecified atom stereocenters. The fourth-order valence-electron chi connectivity index (χ4n) is 2.10. The molecule has 0 aliphatic rings. The summed E-state index contributed by atoms with van der Waals surface area (Å²) in [5, 5.41) is 3.16. The summed E-state index contributed by atoms with van der Waals surface area (Å²) >= 11 is 0. The molecule has 0 aromatic carbocycles. The molecule has 4 aromatic heterocycles. The molecule has 4 nitrogen and oxygen atoms in total. The lowest BCUT2D eigenvalue weighted by molar-refractivity contribution is 0.642. The molecule has 0 amide bonds. The van der Waals surface area contributed by atoms with Crippen molar-refractivity contribution >= 4 is 33.2 Å². The molecule has 0 atom stereocenters. The van der Waals surface area contributed by atoms with Crippen LogP contribution in [0.3, 0.4) is 0 Å². The normalized spacial score (nSPS) is 11.8. The van der Waals surface area contributed by atoms with E-state index < -0.39 is 0 Å². The number of pyridine rings is 2. The van der Waals surface area contributed by atoms with Gasteiger partial charge in [0.25, 0.3) is 0 Å². The van der Waals surface area contributed by atoms with Crippen LogP contribution in [0.5, 0.6) is 0 Å². The lowest BCUT2D eigenvalue weighted by atomic mass is 10.2. The number of hydrogen-bond donors (Lipinski definition) is 1.